The van der Waals surface area contributed by atoms with Crippen LogP contribution < -0.4 is 19.9 Å². The average Bonchev–Trinajstić information content (AvgIpc) is 2.72. The van der Waals surface area contributed by atoms with Crippen LogP contribution in [0.2, 0.25) is 0 Å². The van der Waals surface area contributed by atoms with Crippen molar-refractivity contribution in [2.45, 2.75) is 6.10 Å². The molecule has 0 aliphatic carbocycles. The minimum Gasteiger partial charge on any atom is -0.485 e. The molecule has 1 heterocycles. The first kappa shape index (κ1) is 16.0. The zero-order valence-corrected chi connectivity index (χ0v) is 14.0. The van der Waals surface area contributed by atoms with E-state index in [1.165, 1.54) is 0 Å². The summed E-state index contributed by atoms with van der Waals surface area (Å²) in [5, 5.41) is 1.74. The summed E-state index contributed by atoms with van der Waals surface area (Å²) in [5.74, 6) is 0.955. The molecule has 0 saturated heterocycles. The number of benzene rings is 3. The van der Waals surface area contributed by atoms with E-state index in [2.05, 4.69) is 5.43 Å². The van der Waals surface area contributed by atoms with Gasteiger partial charge in [-0.1, -0.05) is 48.5 Å². The van der Waals surface area contributed by atoms with Crippen LogP contribution in [0.25, 0.3) is 0 Å². The maximum atomic E-state index is 12.8. The van der Waals surface area contributed by atoms with Gasteiger partial charge in [0.15, 0.2) is 11.5 Å². The Morgan fingerprint density at radius 1 is 0.808 bits per heavy atom. The van der Waals surface area contributed by atoms with Crippen molar-refractivity contribution in [2.24, 2.45) is 0 Å². The van der Waals surface area contributed by atoms with Gasteiger partial charge in [0.1, 0.15) is 6.61 Å². The van der Waals surface area contributed by atoms with Crippen molar-refractivity contribution in [3.8, 4) is 11.5 Å². The van der Waals surface area contributed by atoms with Crippen molar-refractivity contribution in [3.63, 3.8) is 0 Å². The zero-order chi connectivity index (χ0) is 17.8. The normalized spacial score (nSPS) is 15.2. The van der Waals surface area contributed by atoms with E-state index in [9.17, 15) is 4.79 Å². The number of anilines is 2. The molecule has 26 heavy (non-hydrogen) atoms. The number of rotatable bonds is 4. The van der Waals surface area contributed by atoms with Crippen molar-refractivity contribution in [1.29, 1.82) is 0 Å². The van der Waals surface area contributed by atoms with Crippen LogP contribution >= 0.6 is 0 Å². The minimum absolute atomic E-state index is 0.167. The van der Waals surface area contributed by atoms with Crippen LogP contribution in [-0.2, 0) is 4.79 Å². The predicted molar refractivity (Wildman–Crippen MR) is 99.5 cm³/mol. The molecule has 3 aromatic carbocycles. The van der Waals surface area contributed by atoms with Gasteiger partial charge in [0, 0.05) is 0 Å². The summed E-state index contributed by atoms with van der Waals surface area (Å²) in [6, 6.07) is 26.6. The van der Waals surface area contributed by atoms with Crippen molar-refractivity contribution in [1.82, 2.24) is 5.43 Å². The SMILES string of the molecule is O=C(NN(c1ccccc1)c1ccccc1)C1COc2ccccc2O1. The predicted octanol–water partition coefficient (Wildman–Crippen LogP) is 3.70. The number of carbonyl (C=O) groups excluding carboxylic acids is 1. The fraction of sp³-hybridized carbons (Fsp3) is 0.0952. The monoisotopic (exact) mass is 346 g/mol. The van der Waals surface area contributed by atoms with Crippen molar-refractivity contribution in [2.75, 3.05) is 11.6 Å². The summed E-state index contributed by atoms with van der Waals surface area (Å²) >= 11 is 0. The minimum atomic E-state index is -0.722. The van der Waals surface area contributed by atoms with Crippen LogP contribution in [0.1, 0.15) is 0 Å². The van der Waals surface area contributed by atoms with Crippen molar-refractivity contribution in [3.05, 3.63) is 84.9 Å². The molecule has 1 aliphatic rings. The highest BCUT2D eigenvalue weighted by molar-refractivity contribution is 5.85. The van der Waals surface area contributed by atoms with Crippen molar-refractivity contribution < 1.29 is 14.3 Å². The van der Waals surface area contributed by atoms with Gasteiger partial charge in [-0.15, -0.1) is 0 Å². The summed E-state index contributed by atoms with van der Waals surface area (Å²) in [6.45, 7) is 0.167. The van der Waals surface area contributed by atoms with Crippen molar-refractivity contribution >= 4 is 17.3 Å². The molecular weight excluding hydrogens is 328 g/mol. The lowest BCUT2D eigenvalue weighted by atomic mass is 10.2. The summed E-state index contributed by atoms with van der Waals surface area (Å²) in [6.07, 6.45) is -0.722. The van der Waals surface area contributed by atoms with E-state index in [4.69, 9.17) is 9.47 Å². The molecule has 130 valence electrons. The van der Waals surface area contributed by atoms with E-state index in [-0.39, 0.29) is 12.5 Å². The number of para-hydroxylation sites is 4. The molecule has 5 nitrogen and oxygen atoms in total. The number of hydrogen-bond donors (Lipinski definition) is 1. The molecule has 5 heteroatoms. The van der Waals surface area contributed by atoms with Crippen LogP contribution in [0.4, 0.5) is 11.4 Å². The van der Waals surface area contributed by atoms with Gasteiger partial charge < -0.3 is 9.47 Å². The van der Waals surface area contributed by atoms with E-state index in [0.29, 0.717) is 11.5 Å². The lowest BCUT2D eigenvalue weighted by Gasteiger charge is -2.30. The third kappa shape index (κ3) is 3.32. The third-order valence-corrected chi connectivity index (χ3v) is 4.05. The first-order valence-corrected chi connectivity index (χ1v) is 8.40. The van der Waals surface area contributed by atoms with Gasteiger partial charge in [0.2, 0.25) is 6.10 Å². The van der Waals surface area contributed by atoms with Gasteiger partial charge in [-0.05, 0) is 36.4 Å². The highest BCUT2D eigenvalue weighted by Gasteiger charge is 2.28. The summed E-state index contributed by atoms with van der Waals surface area (Å²) in [5.41, 5.74) is 4.64. The van der Waals surface area contributed by atoms with E-state index < -0.39 is 6.10 Å². The van der Waals surface area contributed by atoms with Crippen LogP contribution in [0.5, 0.6) is 11.5 Å². The first-order valence-electron chi connectivity index (χ1n) is 8.40. The number of amides is 1. The molecule has 1 N–H and O–H groups in total. The second-order valence-electron chi connectivity index (χ2n) is 5.85. The fourth-order valence-corrected chi connectivity index (χ4v) is 2.76. The molecule has 1 unspecified atom stereocenters. The average molecular weight is 346 g/mol. The van der Waals surface area contributed by atoms with Gasteiger partial charge >= 0.3 is 0 Å². The lowest BCUT2D eigenvalue weighted by molar-refractivity contribution is -0.130. The molecule has 0 fully saturated rings. The van der Waals surface area contributed by atoms with Crippen LogP contribution in [0.15, 0.2) is 84.9 Å². The van der Waals surface area contributed by atoms with Gasteiger partial charge in [-0.3, -0.25) is 15.2 Å². The van der Waals surface area contributed by atoms with E-state index in [1.807, 2.05) is 78.9 Å². The van der Waals surface area contributed by atoms with Gasteiger partial charge in [-0.2, -0.15) is 0 Å². The van der Waals surface area contributed by atoms with Gasteiger partial charge in [0.05, 0.1) is 11.4 Å². The molecular formula is C21H18N2O3. The highest BCUT2D eigenvalue weighted by atomic mass is 16.6. The van der Waals surface area contributed by atoms with Crippen LogP contribution in [0.3, 0.4) is 0 Å². The third-order valence-electron chi connectivity index (χ3n) is 4.05. The Morgan fingerprint density at radius 3 is 1.96 bits per heavy atom. The lowest BCUT2D eigenvalue weighted by Crippen LogP contribution is -2.49. The summed E-state index contributed by atoms with van der Waals surface area (Å²) in [4.78, 5) is 12.8. The van der Waals surface area contributed by atoms with E-state index in [0.717, 1.165) is 11.4 Å². The summed E-state index contributed by atoms with van der Waals surface area (Å²) < 4.78 is 11.4. The van der Waals surface area contributed by atoms with E-state index >= 15 is 0 Å². The molecule has 1 aliphatic heterocycles. The fourth-order valence-electron chi connectivity index (χ4n) is 2.76. The number of hydrazine groups is 1. The number of ether oxygens (including phenoxy) is 2. The molecule has 1 amide bonds. The first-order chi connectivity index (χ1) is 12.8. The Balaban J connectivity index is 1.56. The topological polar surface area (TPSA) is 50.8 Å². The standard InChI is InChI=1S/C21H18N2O3/c24-21(20-15-25-18-13-7-8-14-19(18)26-20)22-23(16-9-3-1-4-10-16)17-11-5-2-6-12-17/h1-14,20H,15H2,(H,22,24). The Kier molecular flexibility index (Phi) is 4.43. The number of carbonyl (C=O) groups is 1. The molecule has 0 bridgehead atoms. The largest absolute Gasteiger partial charge is 0.485 e. The molecule has 3 aromatic rings. The number of hydrogen-bond acceptors (Lipinski definition) is 4. The number of nitrogens with one attached hydrogen (secondary N) is 1. The Labute approximate surface area is 151 Å². The van der Waals surface area contributed by atoms with Crippen LogP contribution in [-0.4, -0.2) is 18.6 Å². The molecule has 4 rings (SSSR count). The number of nitrogens with zero attached hydrogens (tertiary/aromatic N) is 1. The Bertz CT molecular complexity index is 845. The maximum absolute atomic E-state index is 12.8. The molecule has 0 saturated carbocycles. The molecule has 0 radical (unpaired) electrons. The number of fused-ring (bicyclic) bond motifs is 1. The summed E-state index contributed by atoms with van der Waals surface area (Å²) in [7, 11) is 0. The van der Waals surface area contributed by atoms with Crippen LogP contribution in [0, 0.1) is 0 Å². The Morgan fingerprint density at radius 2 is 1.35 bits per heavy atom. The smallest absolute Gasteiger partial charge is 0.283 e. The zero-order valence-electron chi connectivity index (χ0n) is 14.0. The second kappa shape index (κ2) is 7.19. The van der Waals surface area contributed by atoms with Gasteiger partial charge in [0.25, 0.3) is 5.91 Å². The molecule has 0 spiro atoms. The molecule has 1 atom stereocenters. The maximum Gasteiger partial charge on any atom is 0.283 e. The highest BCUT2D eigenvalue weighted by Crippen LogP contribution is 2.31. The molecule has 0 aromatic heterocycles. The quantitative estimate of drug-likeness (QED) is 0.732. The second-order valence-corrected chi connectivity index (χ2v) is 5.85. The Hall–Kier alpha value is -3.47. The van der Waals surface area contributed by atoms with E-state index in [1.54, 1.807) is 11.1 Å². The van der Waals surface area contributed by atoms with Gasteiger partial charge in [-0.25, -0.2) is 0 Å².